The SMILES string of the molecule is COc1cc(N=C=S)ccc1O. The monoisotopic (exact) mass is 181 g/mol. The number of aliphatic imine (C=N–C) groups is 1. The van der Waals surface area contributed by atoms with Crippen LogP contribution in [0, 0.1) is 0 Å². The van der Waals surface area contributed by atoms with E-state index in [9.17, 15) is 5.11 Å². The summed E-state index contributed by atoms with van der Waals surface area (Å²) in [6.07, 6.45) is 0. The van der Waals surface area contributed by atoms with Gasteiger partial charge in [-0.2, -0.15) is 4.99 Å². The summed E-state index contributed by atoms with van der Waals surface area (Å²) in [5.74, 6) is 0.460. The largest absolute Gasteiger partial charge is 0.504 e. The molecule has 0 saturated carbocycles. The van der Waals surface area contributed by atoms with Crippen LogP contribution in [0.5, 0.6) is 11.5 Å². The van der Waals surface area contributed by atoms with Crippen molar-refractivity contribution >= 4 is 23.1 Å². The normalized spacial score (nSPS) is 8.75. The number of methoxy groups -OCH3 is 1. The number of aromatic hydroxyl groups is 1. The average Bonchev–Trinajstić information content (AvgIpc) is 2.09. The average molecular weight is 181 g/mol. The summed E-state index contributed by atoms with van der Waals surface area (Å²) in [6.45, 7) is 0. The summed E-state index contributed by atoms with van der Waals surface area (Å²) in [5.41, 5.74) is 0.611. The Bertz CT molecular complexity index is 332. The molecule has 0 atom stereocenters. The van der Waals surface area contributed by atoms with Crippen LogP contribution in [-0.2, 0) is 0 Å². The molecule has 0 aliphatic carbocycles. The molecule has 12 heavy (non-hydrogen) atoms. The van der Waals surface area contributed by atoms with Crippen LogP contribution >= 0.6 is 12.2 Å². The lowest BCUT2D eigenvalue weighted by Crippen LogP contribution is -1.81. The third kappa shape index (κ3) is 1.81. The zero-order valence-corrected chi connectivity index (χ0v) is 7.26. The van der Waals surface area contributed by atoms with Gasteiger partial charge in [0.2, 0.25) is 0 Å². The minimum absolute atomic E-state index is 0.0841. The molecule has 0 bridgehead atoms. The Balaban J connectivity index is 3.13. The van der Waals surface area contributed by atoms with Gasteiger partial charge >= 0.3 is 0 Å². The number of hydrogen-bond donors (Lipinski definition) is 1. The minimum atomic E-state index is 0.0841. The molecule has 62 valence electrons. The molecular weight excluding hydrogens is 174 g/mol. The molecule has 0 unspecified atom stereocenters. The van der Waals surface area contributed by atoms with Crippen molar-refractivity contribution in [1.29, 1.82) is 0 Å². The Morgan fingerprint density at radius 1 is 1.58 bits per heavy atom. The highest BCUT2D eigenvalue weighted by Crippen LogP contribution is 2.29. The molecule has 0 aliphatic rings. The Morgan fingerprint density at radius 2 is 2.33 bits per heavy atom. The number of phenolic OH excluding ortho intramolecular Hbond substituents is 1. The fourth-order valence-corrected chi connectivity index (χ4v) is 0.894. The van der Waals surface area contributed by atoms with Crippen LogP contribution in [0.25, 0.3) is 0 Å². The Kier molecular flexibility index (Phi) is 2.80. The Morgan fingerprint density at radius 3 is 2.92 bits per heavy atom. The third-order valence-corrected chi connectivity index (χ3v) is 1.43. The molecule has 0 heterocycles. The molecule has 3 nitrogen and oxygen atoms in total. The maximum atomic E-state index is 9.19. The van der Waals surface area contributed by atoms with Crippen molar-refractivity contribution in [2.24, 2.45) is 4.99 Å². The van der Waals surface area contributed by atoms with E-state index < -0.39 is 0 Å². The number of rotatable bonds is 2. The second-order valence-electron chi connectivity index (χ2n) is 2.06. The van der Waals surface area contributed by atoms with Crippen molar-refractivity contribution in [3.63, 3.8) is 0 Å². The number of phenols is 1. The zero-order valence-electron chi connectivity index (χ0n) is 6.44. The van der Waals surface area contributed by atoms with Gasteiger partial charge in [0.05, 0.1) is 18.0 Å². The molecule has 1 rings (SSSR count). The molecule has 0 aliphatic heterocycles. The van der Waals surface area contributed by atoms with E-state index in [0.717, 1.165) is 0 Å². The Hall–Kier alpha value is -1.38. The minimum Gasteiger partial charge on any atom is -0.504 e. The predicted molar refractivity (Wildman–Crippen MR) is 49.3 cm³/mol. The van der Waals surface area contributed by atoms with Crippen LogP contribution in [-0.4, -0.2) is 17.4 Å². The summed E-state index contributed by atoms with van der Waals surface area (Å²) >= 11 is 4.43. The van der Waals surface area contributed by atoms with Crippen molar-refractivity contribution < 1.29 is 9.84 Å². The third-order valence-electron chi connectivity index (χ3n) is 1.34. The molecule has 0 radical (unpaired) electrons. The molecular formula is C8H7NO2S. The first-order chi connectivity index (χ1) is 5.77. The molecule has 4 heteroatoms. The van der Waals surface area contributed by atoms with Gasteiger partial charge in [-0.15, -0.1) is 0 Å². The lowest BCUT2D eigenvalue weighted by molar-refractivity contribution is 0.373. The number of isothiocyanates is 1. The summed E-state index contributed by atoms with van der Waals surface area (Å²) < 4.78 is 4.86. The van der Waals surface area contributed by atoms with Gasteiger partial charge in [-0.1, -0.05) is 0 Å². The summed E-state index contributed by atoms with van der Waals surface area (Å²) in [7, 11) is 1.47. The van der Waals surface area contributed by atoms with Crippen LogP contribution in [0.2, 0.25) is 0 Å². The van der Waals surface area contributed by atoms with E-state index in [1.807, 2.05) is 0 Å². The van der Waals surface area contributed by atoms with E-state index in [-0.39, 0.29) is 5.75 Å². The van der Waals surface area contributed by atoms with E-state index in [1.165, 1.54) is 13.2 Å². The van der Waals surface area contributed by atoms with Gasteiger partial charge in [-0.05, 0) is 24.4 Å². The van der Waals surface area contributed by atoms with Gasteiger partial charge in [0.25, 0.3) is 0 Å². The maximum Gasteiger partial charge on any atom is 0.162 e. The van der Waals surface area contributed by atoms with Crippen LogP contribution in [0.15, 0.2) is 23.2 Å². The lowest BCUT2D eigenvalue weighted by atomic mass is 10.3. The first kappa shape index (κ1) is 8.71. The van der Waals surface area contributed by atoms with Crippen molar-refractivity contribution in [2.75, 3.05) is 7.11 Å². The van der Waals surface area contributed by atoms with Crippen LogP contribution in [0.3, 0.4) is 0 Å². The van der Waals surface area contributed by atoms with E-state index in [2.05, 4.69) is 22.4 Å². The van der Waals surface area contributed by atoms with Gasteiger partial charge in [-0.3, -0.25) is 0 Å². The van der Waals surface area contributed by atoms with E-state index >= 15 is 0 Å². The fourth-order valence-electron chi connectivity index (χ4n) is 0.789. The smallest absolute Gasteiger partial charge is 0.162 e. The van der Waals surface area contributed by atoms with E-state index in [1.54, 1.807) is 12.1 Å². The highest BCUT2D eigenvalue weighted by atomic mass is 32.1. The predicted octanol–water partition coefficient (Wildman–Crippen LogP) is 2.14. The standard InChI is InChI=1S/C8H7NO2S/c1-11-8-4-6(9-5-12)2-3-7(8)10/h2-4,10H,1H3. The first-order valence-corrected chi connectivity index (χ1v) is 3.63. The van der Waals surface area contributed by atoms with E-state index in [4.69, 9.17) is 4.74 Å². The van der Waals surface area contributed by atoms with Crippen LogP contribution in [0.4, 0.5) is 5.69 Å². The van der Waals surface area contributed by atoms with Gasteiger partial charge < -0.3 is 9.84 Å². The summed E-state index contributed by atoms with van der Waals surface area (Å²) in [5, 5.41) is 11.4. The molecule has 1 N–H and O–H groups in total. The number of hydrogen-bond acceptors (Lipinski definition) is 4. The number of nitrogens with zero attached hydrogens (tertiary/aromatic N) is 1. The van der Waals surface area contributed by atoms with Crippen molar-refractivity contribution in [2.45, 2.75) is 0 Å². The number of thiocarbonyl (C=S) groups is 1. The highest BCUT2D eigenvalue weighted by Gasteiger charge is 2.00. The Labute approximate surface area is 75.3 Å². The molecule has 0 fully saturated rings. The highest BCUT2D eigenvalue weighted by molar-refractivity contribution is 7.78. The quantitative estimate of drug-likeness (QED) is 0.561. The maximum absolute atomic E-state index is 9.19. The summed E-state index contributed by atoms with van der Waals surface area (Å²) in [4.78, 5) is 3.73. The topological polar surface area (TPSA) is 41.8 Å². The molecule has 0 saturated heterocycles. The van der Waals surface area contributed by atoms with Gasteiger partial charge in [-0.25, -0.2) is 0 Å². The second-order valence-corrected chi connectivity index (χ2v) is 2.24. The van der Waals surface area contributed by atoms with Crippen molar-refractivity contribution in [3.8, 4) is 11.5 Å². The number of benzene rings is 1. The van der Waals surface area contributed by atoms with E-state index in [0.29, 0.717) is 11.4 Å². The lowest BCUT2D eigenvalue weighted by Gasteiger charge is -2.01. The molecule has 0 aromatic heterocycles. The van der Waals surface area contributed by atoms with Crippen LogP contribution in [0.1, 0.15) is 0 Å². The van der Waals surface area contributed by atoms with Crippen molar-refractivity contribution in [1.82, 2.24) is 0 Å². The second kappa shape index (κ2) is 3.85. The van der Waals surface area contributed by atoms with Gasteiger partial charge in [0.1, 0.15) is 0 Å². The van der Waals surface area contributed by atoms with Gasteiger partial charge in [0, 0.05) is 6.07 Å². The molecule has 0 spiro atoms. The fraction of sp³-hybridized carbons (Fsp3) is 0.125. The molecule has 1 aromatic rings. The zero-order chi connectivity index (χ0) is 8.97. The van der Waals surface area contributed by atoms with Gasteiger partial charge in [0.15, 0.2) is 11.5 Å². The summed E-state index contributed by atoms with van der Waals surface area (Å²) in [6, 6.07) is 4.69. The molecule has 1 aromatic carbocycles. The van der Waals surface area contributed by atoms with Crippen molar-refractivity contribution in [3.05, 3.63) is 18.2 Å². The first-order valence-electron chi connectivity index (χ1n) is 3.23. The number of ether oxygens (including phenoxy) is 1. The molecule has 0 amide bonds. The van der Waals surface area contributed by atoms with Crippen LogP contribution < -0.4 is 4.74 Å².